The first kappa shape index (κ1) is 23.2. The number of guanidine groups is 1. The number of nitrogens with zero attached hydrogens (tertiary/aromatic N) is 1. The van der Waals surface area contributed by atoms with Gasteiger partial charge in [0, 0.05) is 25.2 Å². The summed E-state index contributed by atoms with van der Waals surface area (Å²) in [5, 5.41) is 3.04. The Morgan fingerprint density at radius 2 is 1.88 bits per heavy atom. The number of sulfone groups is 1. The third-order valence-electron chi connectivity index (χ3n) is 5.09. The number of nitrogens with two attached hydrogens (primary N) is 1. The maximum atomic E-state index is 12.2. The first-order chi connectivity index (χ1) is 11.8. The predicted octanol–water partition coefficient (Wildman–Crippen LogP) is 3.14. The van der Waals surface area contributed by atoms with Gasteiger partial charge in [-0.15, -0.1) is 24.0 Å². The van der Waals surface area contributed by atoms with Crippen molar-refractivity contribution in [1.29, 1.82) is 0 Å². The van der Waals surface area contributed by atoms with Crippen LogP contribution in [0.3, 0.4) is 0 Å². The predicted molar refractivity (Wildman–Crippen MR) is 118 cm³/mol. The molecule has 6 nitrogen and oxygen atoms in total. The van der Waals surface area contributed by atoms with Crippen LogP contribution in [0.2, 0.25) is 0 Å². The van der Waals surface area contributed by atoms with Crippen LogP contribution in [0, 0.1) is 0 Å². The second-order valence-electron chi connectivity index (χ2n) is 6.83. The molecular formula is C18H30IN3O3S. The molecule has 1 aliphatic heterocycles. The molecule has 1 atom stereocenters. The van der Waals surface area contributed by atoms with Crippen molar-refractivity contribution < 1.29 is 13.2 Å². The van der Waals surface area contributed by atoms with Gasteiger partial charge in [0.15, 0.2) is 15.8 Å². The number of nitrogens with one attached hydrogen (secondary N) is 1. The van der Waals surface area contributed by atoms with E-state index in [1.807, 2.05) is 12.1 Å². The molecule has 0 aliphatic carbocycles. The van der Waals surface area contributed by atoms with Gasteiger partial charge in [0.2, 0.25) is 0 Å². The lowest BCUT2D eigenvalue weighted by Gasteiger charge is -2.34. The van der Waals surface area contributed by atoms with E-state index in [9.17, 15) is 8.42 Å². The minimum Gasteiger partial charge on any atom is -0.381 e. The quantitative estimate of drug-likeness (QED) is 0.359. The summed E-state index contributed by atoms with van der Waals surface area (Å²) in [5.74, 6) is 0.744. The zero-order valence-electron chi connectivity index (χ0n) is 15.7. The number of ether oxygens (including phenoxy) is 1. The molecule has 2 rings (SSSR count). The summed E-state index contributed by atoms with van der Waals surface area (Å²) in [4.78, 5) is 4.30. The fourth-order valence-corrected chi connectivity index (χ4v) is 4.14. The van der Waals surface area contributed by atoms with Gasteiger partial charge in [0.05, 0.1) is 11.3 Å². The molecule has 1 fully saturated rings. The average molecular weight is 495 g/mol. The Balaban J connectivity index is 0.00000338. The third kappa shape index (κ3) is 5.82. The molecule has 0 spiro atoms. The molecule has 26 heavy (non-hydrogen) atoms. The fraction of sp³-hybridized carbons (Fsp3) is 0.611. The second kappa shape index (κ2) is 9.89. The van der Waals surface area contributed by atoms with E-state index in [0.717, 1.165) is 12.1 Å². The van der Waals surface area contributed by atoms with Crippen LogP contribution in [-0.2, 0) is 14.6 Å². The number of hydrogen-bond donors (Lipinski definition) is 2. The molecule has 1 saturated heterocycles. The van der Waals surface area contributed by atoms with Crippen molar-refractivity contribution in [1.82, 2.24) is 0 Å². The van der Waals surface area contributed by atoms with Crippen molar-refractivity contribution in [3.8, 4) is 0 Å². The molecule has 1 aromatic carbocycles. The van der Waals surface area contributed by atoms with E-state index in [0.29, 0.717) is 32.0 Å². The van der Waals surface area contributed by atoms with Crippen LogP contribution in [0.5, 0.6) is 0 Å². The van der Waals surface area contributed by atoms with Crippen molar-refractivity contribution in [2.45, 2.75) is 43.8 Å². The van der Waals surface area contributed by atoms with Crippen LogP contribution < -0.4 is 11.1 Å². The first-order valence-electron chi connectivity index (χ1n) is 8.71. The number of benzene rings is 1. The van der Waals surface area contributed by atoms with Gasteiger partial charge in [-0.25, -0.2) is 8.42 Å². The van der Waals surface area contributed by atoms with Crippen LogP contribution in [0.25, 0.3) is 0 Å². The summed E-state index contributed by atoms with van der Waals surface area (Å²) in [6, 6.07) is 8.07. The molecule has 0 amide bonds. The molecule has 8 heteroatoms. The van der Waals surface area contributed by atoms with Crippen molar-refractivity contribution in [3.05, 3.63) is 29.8 Å². The van der Waals surface area contributed by atoms with Gasteiger partial charge in [0.25, 0.3) is 0 Å². The lowest BCUT2D eigenvalue weighted by atomic mass is 9.99. The van der Waals surface area contributed by atoms with Crippen molar-refractivity contribution in [2.75, 3.05) is 31.3 Å². The maximum Gasteiger partial charge on any atom is 0.193 e. The monoisotopic (exact) mass is 495 g/mol. The van der Waals surface area contributed by atoms with E-state index < -0.39 is 14.6 Å². The summed E-state index contributed by atoms with van der Waals surface area (Å²) in [6.07, 6.45) is 3.26. The van der Waals surface area contributed by atoms with Crippen LogP contribution in [-0.4, -0.2) is 45.1 Å². The van der Waals surface area contributed by atoms with Gasteiger partial charge in [-0.3, -0.25) is 4.99 Å². The highest BCUT2D eigenvalue weighted by Gasteiger charge is 2.42. The molecule has 1 aromatic rings. The molecule has 0 aromatic heterocycles. The molecule has 0 saturated carbocycles. The topological polar surface area (TPSA) is 93.8 Å². The Kier molecular flexibility index (Phi) is 8.81. The lowest BCUT2D eigenvalue weighted by molar-refractivity contribution is 0.0768. The SMILES string of the molecule is CCC(C)c1ccc(NC(N)=NCC2(S(C)(=O)=O)CCOCC2)cc1.I. The molecule has 148 valence electrons. The normalized spacial score (nSPS) is 18.7. The Morgan fingerprint density at radius 1 is 1.31 bits per heavy atom. The Bertz CT molecular complexity index is 699. The van der Waals surface area contributed by atoms with Crippen molar-refractivity contribution in [2.24, 2.45) is 10.7 Å². The first-order valence-corrected chi connectivity index (χ1v) is 10.6. The van der Waals surface area contributed by atoms with Gasteiger partial charge in [-0.05, 0) is 42.9 Å². The summed E-state index contributed by atoms with van der Waals surface area (Å²) in [7, 11) is -3.24. The number of hydrogen-bond acceptors (Lipinski definition) is 4. The Morgan fingerprint density at radius 3 is 2.38 bits per heavy atom. The van der Waals surface area contributed by atoms with E-state index in [1.165, 1.54) is 11.8 Å². The molecule has 3 N–H and O–H groups in total. The average Bonchev–Trinajstić information content (AvgIpc) is 2.60. The van der Waals surface area contributed by atoms with E-state index in [4.69, 9.17) is 10.5 Å². The van der Waals surface area contributed by atoms with E-state index >= 15 is 0 Å². The molecular weight excluding hydrogens is 465 g/mol. The van der Waals surface area contributed by atoms with Gasteiger partial charge in [0.1, 0.15) is 0 Å². The molecule has 1 unspecified atom stereocenters. The van der Waals surface area contributed by atoms with E-state index in [1.54, 1.807) is 0 Å². The van der Waals surface area contributed by atoms with E-state index in [2.05, 4.69) is 36.3 Å². The molecule has 1 aliphatic rings. The van der Waals surface area contributed by atoms with Crippen molar-refractivity contribution >= 4 is 45.5 Å². The summed E-state index contributed by atoms with van der Waals surface area (Å²) < 4.78 is 28.9. The highest BCUT2D eigenvalue weighted by Crippen LogP contribution is 2.29. The third-order valence-corrected chi connectivity index (χ3v) is 7.20. The Labute approximate surface area is 173 Å². The fourth-order valence-electron chi connectivity index (χ4n) is 2.94. The molecule has 1 heterocycles. The lowest BCUT2D eigenvalue weighted by Crippen LogP contribution is -2.46. The minimum absolute atomic E-state index is 0. The number of aliphatic imine (C=N–C) groups is 1. The molecule has 0 bridgehead atoms. The van der Waals surface area contributed by atoms with Crippen LogP contribution in [0.4, 0.5) is 5.69 Å². The smallest absolute Gasteiger partial charge is 0.193 e. The van der Waals surface area contributed by atoms with Gasteiger partial charge in [-0.2, -0.15) is 0 Å². The van der Waals surface area contributed by atoms with E-state index in [-0.39, 0.29) is 36.5 Å². The largest absolute Gasteiger partial charge is 0.381 e. The van der Waals surface area contributed by atoms with Crippen molar-refractivity contribution in [3.63, 3.8) is 0 Å². The summed E-state index contributed by atoms with van der Waals surface area (Å²) in [5.41, 5.74) is 8.08. The molecule has 0 radical (unpaired) electrons. The van der Waals surface area contributed by atoms with Gasteiger partial charge < -0.3 is 15.8 Å². The zero-order valence-corrected chi connectivity index (χ0v) is 18.8. The number of anilines is 1. The maximum absolute atomic E-state index is 12.2. The number of rotatable bonds is 6. The minimum atomic E-state index is -3.24. The standard InChI is InChI=1S/C18H29N3O3S.HI/c1-4-14(2)15-5-7-16(8-6-15)21-17(19)20-13-18(25(3,22)23)9-11-24-12-10-18;/h5-8,14H,4,9-13H2,1-3H3,(H3,19,20,21);1H. The zero-order chi connectivity index (χ0) is 18.5. The highest BCUT2D eigenvalue weighted by molar-refractivity contribution is 14.0. The van der Waals surface area contributed by atoms with Crippen LogP contribution in [0.15, 0.2) is 29.3 Å². The van der Waals surface area contributed by atoms with Gasteiger partial charge in [-0.1, -0.05) is 26.0 Å². The Hall–Kier alpha value is -0.870. The second-order valence-corrected chi connectivity index (χ2v) is 9.24. The van der Waals surface area contributed by atoms with Gasteiger partial charge >= 0.3 is 0 Å². The summed E-state index contributed by atoms with van der Waals surface area (Å²) >= 11 is 0. The summed E-state index contributed by atoms with van der Waals surface area (Å²) in [6.45, 7) is 5.38. The van der Waals surface area contributed by atoms with Crippen LogP contribution in [0.1, 0.15) is 44.6 Å². The van der Waals surface area contributed by atoms with Crippen LogP contribution >= 0.6 is 24.0 Å². The number of halogens is 1. The highest BCUT2D eigenvalue weighted by atomic mass is 127.